The van der Waals surface area contributed by atoms with Crippen molar-refractivity contribution in [3.05, 3.63) is 24.3 Å². The van der Waals surface area contributed by atoms with Crippen LogP contribution >= 0.6 is 0 Å². The van der Waals surface area contributed by atoms with Crippen LogP contribution in [0, 0.1) is 0 Å². The number of carbonyl (C=O) groups excluding carboxylic acids is 1. The second kappa shape index (κ2) is 24.9. The SMILES string of the molecule is CCCCC/C=C\C/C=C\CCCCCCCC(=O)NCCCCCCONC. The fourth-order valence-corrected chi connectivity index (χ4v) is 3.17. The van der Waals surface area contributed by atoms with Crippen LogP contribution in [-0.4, -0.2) is 26.1 Å². The van der Waals surface area contributed by atoms with E-state index in [9.17, 15) is 4.79 Å². The highest BCUT2D eigenvalue weighted by atomic mass is 16.6. The van der Waals surface area contributed by atoms with Crippen molar-refractivity contribution in [1.29, 1.82) is 0 Å². The molecule has 0 rings (SSSR count). The summed E-state index contributed by atoms with van der Waals surface area (Å²) >= 11 is 0. The number of nitrogens with one attached hydrogen (secondary N) is 2. The summed E-state index contributed by atoms with van der Waals surface area (Å²) in [6.07, 6.45) is 27.8. The number of rotatable bonds is 22. The molecule has 0 saturated carbocycles. The summed E-state index contributed by atoms with van der Waals surface area (Å²) in [7, 11) is 1.78. The Balaban J connectivity index is 3.25. The van der Waals surface area contributed by atoms with Crippen LogP contribution in [0.15, 0.2) is 24.3 Å². The molecule has 0 heterocycles. The first-order valence-corrected chi connectivity index (χ1v) is 12.2. The number of hydrogen-bond donors (Lipinski definition) is 2. The molecule has 0 fully saturated rings. The third-order valence-electron chi connectivity index (χ3n) is 4.99. The number of hydroxylamine groups is 1. The Morgan fingerprint density at radius 3 is 2.10 bits per heavy atom. The molecule has 29 heavy (non-hydrogen) atoms. The lowest BCUT2D eigenvalue weighted by atomic mass is 10.1. The quantitative estimate of drug-likeness (QED) is 0.120. The lowest BCUT2D eigenvalue weighted by Crippen LogP contribution is -2.23. The summed E-state index contributed by atoms with van der Waals surface area (Å²) in [6.45, 7) is 3.82. The molecule has 0 aliphatic heterocycles. The van der Waals surface area contributed by atoms with Gasteiger partial charge in [-0.25, -0.2) is 5.48 Å². The van der Waals surface area contributed by atoms with Crippen LogP contribution in [0.5, 0.6) is 0 Å². The molecule has 0 bridgehead atoms. The smallest absolute Gasteiger partial charge is 0.219 e. The van der Waals surface area contributed by atoms with Crippen molar-refractivity contribution in [3.8, 4) is 0 Å². The van der Waals surface area contributed by atoms with Crippen LogP contribution in [0.25, 0.3) is 0 Å². The summed E-state index contributed by atoms with van der Waals surface area (Å²) in [5, 5.41) is 3.04. The van der Waals surface area contributed by atoms with E-state index in [1.807, 2.05) is 0 Å². The number of unbranched alkanes of at least 4 members (excludes halogenated alkanes) is 11. The molecule has 0 atom stereocenters. The lowest BCUT2D eigenvalue weighted by Gasteiger charge is -2.05. The molecular formula is C25H48N2O2. The topological polar surface area (TPSA) is 50.4 Å². The Bertz CT molecular complexity index is 394. The van der Waals surface area contributed by atoms with Gasteiger partial charge in [0.1, 0.15) is 0 Å². The zero-order valence-electron chi connectivity index (χ0n) is 19.4. The van der Waals surface area contributed by atoms with Crippen molar-refractivity contribution in [2.75, 3.05) is 20.2 Å². The molecule has 1 amide bonds. The Morgan fingerprint density at radius 1 is 0.759 bits per heavy atom. The molecular weight excluding hydrogens is 360 g/mol. The van der Waals surface area contributed by atoms with Gasteiger partial charge in [0.25, 0.3) is 0 Å². The third-order valence-corrected chi connectivity index (χ3v) is 4.99. The van der Waals surface area contributed by atoms with Crippen LogP contribution < -0.4 is 10.8 Å². The highest BCUT2D eigenvalue weighted by molar-refractivity contribution is 5.75. The minimum atomic E-state index is 0.217. The van der Waals surface area contributed by atoms with Gasteiger partial charge in [0.2, 0.25) is 5.91 Å². The largest absolute Gasteiger partial charge is 0.356 e. The Kier molecular flexibility index (Phi) is 23.9. The van der Waals surface area contributed by atoms with Crippen molar-refractivity contribution in [2.45, 2.75) is 110 Å². The summed E-state index contributed by atoms with van der Waals surface area (Å²) in [5.74, 6) is 0.217. The normalized spacial score (nSPS) is 11.7. The van der Waals surface area contributed by atoms with E-state index in [-0.39, 0.29) is 5.91 Å². The number of carbonyl (C=O) groups is 1. The minimum absolute atomic E-state index is 0.217. The van der Waals surface area contributed by atoms with E-state index in [1.165, 1.54) is 57.8 Å². The summed E-state index contributed by atoms with van der Waals surface area (Å²) in [5.41, 5.74) is 2.68. The molecule has 0 aromatic carbocycles. The Labute approximate surface area is 180 Å². The number of amides is 1. The summed E-state index contributed by atoms with van der Waals surface area (Å²) in [4.78, 5) is 16.9. The molecule has 0 unspecified atom stereocenters. The molecule has 0 aromatic rings. The zero-order valence-corrected chi connectivity index (χ0v) is 19.4. The first-order valence-electron chi connectivity index (χ1n) is 12.2. The van der Waals surface area contributed by atoms with Gasteiger partial charge in [-0.3, -0.25) is 4.79 Å². The second-order valence-corrected chi connectivity index (χ2v) is 7.80. The molecule has 4 nitrogen and oxygen atoms in total. The first kappa shape index (κ1) is 27.9. The van der Waals surface area contributed by atoms with E-state index in [2.05, 4.69) is 42.0 Å². The van der Waals surface area contributed by atoms with Crippen LogP contribution in [0.4, 0.5) is 0 Å². The Hall–Kier alpha value is -1.13. The van der Waals surface area contributed by atoms with Gasteiger partial charge in [-0.2, -0.15) is 0 Å². The average Bonchev–Trinajstić information content (AvgIpc) is 2.72. The molecule has 0 saturated heterocycles. The van der Waals surface area contributed by atoms with Gasteiger partial charge in [-0.15, -0.1) is 0 Å². The summed E-state index contributed by atoms with van der Waals surface area (Å²) in [6, 6.07) is 0. The molecule has 0 aliphatic carbocycles. The molecule has 0 aliphatic rings. The van der Waals surface area contributed by atoms with E-state index in [0.29, 0.717) is 6.42 Å². The van der Waals surface area contributed by atoms with E-state index < -0.39 is 0 Å². The fourth-order valence-electron chi connectivity index (χ4n) is 3.17. The van der Waals surface area contributed by atoms with E-state index in [4.69, 9.17) is 4.84 Å². The van der Waals surface area contributed by atoms with Gasteiger partial charge in [0, 0.05) is 20.0 Å². The van der Waals surface area contributed by atoms with Gasteiger partial charge in [-0.1, -0.05) is 76.2 Å². The molecule has 0 aromatic heterocycles. The van der Waals surface area contributed by atoms with Gasteiger partial charge in [0.15, 0.2) is 0 Å². The van der Waals surface area contributed by atoms with Crippen LogP contribution in [0.2, 0.25) is 0 Å². The van der Waals surface area contributed by atoms with Gasteiger partial charge < -0.3 is 10.2 Å². The minimum Gasteiger partial charge on any atom is -0.356 e. The maximum atomic E-state index is 11.8. The van der Waals surface area contributed by atoms with Crippen LogP contribution in [0.3, 0.4) is 0 Å². The average molecular weight is 409 g/mol. The van der Waals surface area contributed by atoms with Crippen molar-refractivity contribution in [2.24, 2.45) is 0 Å². The molecule has 0 spiro atoms. The highest BCUT2D eigenvalue weighted by Crippen LogP contribution is 2.08. The van der Waals surface area contributed by atoms with E-state index >= 15 is 0 Å². The first-order chi connectivity index (χ1) is 14.3. The van der Waals surface area contributed by atoms with Crippen molar-refractivity contribution >= 4 is 5.91 Å². The molecule has 170 valence electrons. The van der Waals surface area contributed by atoms with Crippen molar-refractivity contribution in [1.82, 2.24) is 10.8 Å². The number of hydrogen-bond acceptors (Lipinski definition) is 3. The van der Waals surface area contributed by atoms with Gasteiger partial charge in [-0.05, 0) is 51.4 Å². The van der Waals surface area contributed by atoms with E-state index in [0.717, 1.165) is 51.7 Å². The van der Waals surface area contributed by atoms with Crippen LogP contribution in [0.1, 0.15) is 110 Å². The maximum absolute atomic E-state index is 11.8. The molecule has 2 N–H and O–H groups in total. The molecule has 0 radical (unpaired) electrons. The van der Waals surface area contributed by atoms with Gasteiger partial charge >= 0.3 is 0 Å². The number of allylic oxidation sites excluding steroid dienone is 4. The Morgan fingerprint density at radius 2 is 1.38 bits per heavy atom. The van der Waals surface area contributed by atoms with Gasteiger partial charge in [0.05, 0.1) is 6.61 Å². The predicted molar refractivity (Wildman–Crippen MR) is 126 cm³/mol. The predicted octanol–water partition coefficient (Wildman–Crippen LogP) is 6.63. The van der Waals surface area contributed by atoms with Crippen molar-refractivity contribution in [3.63, 3.8) is 0 Å². The molecule has 4 heteroatoms. The van der Waals surface area contributed by atoms with E-state index in [1.54, 1.807) is 7.05 Å². The monoisotopic (exact) mass is 408 g/mol. The third kappa shape index (κ3) is 24.8. The maximum Gasteiger partial charge on any atom is 0.219 e. The van der Waals surface area contributed by atoms with Crippen LogP contribution in [-0.2, 0) is 9.63 Å². The lowest BCUT2D eigenvalue weighted by molar-refractivity contribution is -0.121. The zero-order chi connectivity index (χ0) is 21.3. The summed E-state index contributed by atoms with van der Waals surface area (Å²) < 4.78 is 0. The fraction of sp³-hybridized carbons (Fsp3) is 0.800. The standard InChI is InChI=1S/C25H48N2O2/c1-3-4-5-6-7-8-9-10-11-12-13-14-15-16-19-22-25(28)27-23-20-17-18-21-24-29-26-2/h7-8,10-11,26H,3-6,9,12-24H2,1-2H3,(H,27,28)/b8-7-,11-10-. The highest BCUT2D eigenvalue weighted by Gasteiger charge is 2.00. The second-order valence-electron chi connectivity index (χ2n) is 7.80. The van der Waals surface area contributed by atoms with Crippen molar-refractivity contribution < 1.29 is 9.63 Å².